The maximum Gasteiger partial charge on any atom is 0.173 e. The average molecular weight is 280 g/mol. The van der Waals surface area contributed by atoms with Gasteiger partial charge in [-0.15, -0.1) is 0 Å². The minimum atomic E-state index is 0.265. The van der Waals surface area contributed by atoms with Crippen molar-refractivity contribution in [2.24, 2.45) is 0 Å². The van der Waals surface area contributed by atoms with Gasteiger partial charge in [0.2, 0.25) is 0 Å². The lowest BCUT2D eigenvalue weighted by Gasteiger charge is -2.33. The molecule has 1 aromatic rings. The van der Waals surface area contributed by atoms with Crippen molar-refractivity contribution in [3.63, 3.8) is 0 Å². The first-order valence-electron chi connectivity index (χ1n) is 6.76. The summed E-state index contributed by atoms with van der Waals surface area (Å²) in [7, 11) is 0. The molecule has 1 saturated heterocycles. The van der Waals surface area contributed by atoms with E-state index in [-0.39, 0.29) is 6.61 Å². The zero-order chi connectivity index (χ0) is 13.7. The number of aryl methyl sites for hydroxylation is 1. The summed E-state index contributed by atoms with van der Waals surface area (Å²) in [6, 6.07) is 8.26. The van der Waals surface area contributed by atoms with Crippen molar-refractivity contribution in [1.82, 2.24) is 4.90 Å². The van der Waals surface area contributed by atoms with Gasteiger partial charge in [-0.1, -0.05) is 17.7 Å². The molecule has 0 amide bonds. The molecule has 5 heteroatoms. The molecule has 4 nitrogen and oxygen atoms in total. The van der Waals surface area contributed by atoms with Gasteiger partial charge in [0.1, 0.15) is 6.54 Å². The van der Waals surface area contributed by atoms with Gasteiger partial charge in [0.05, 0.1) is 32.8 Å². The van der Waals surface area contributed by atoms with E-state index in [4.69, 9.17) is 17.3 Å². The van der Waals surface area contributed by atoms with Crippen LogP contribution in [0.25, 0.3) is 0 Å². The van der Waals surface area contributed by atoms with Gasteiger partial charge >= 0.3 is 0 Å². The summed E-state index contributed by atoms with van der Waals surface area (Å²) >= 11 is 5.45. The number of quaternary nitrogens is 1. The fraction of sp³-hybridized carbons (Fsp3) is 0.500. The maximum atomic E-state index is 8.94. The molecule has 0 bridgehead atoms. The highest BCUT2D eigenvalue weighted by atomic mass is 32.1. The number of rotatable bonds is 3. The van der Waals surface area contributed by atoms with Gasteiger partial charge in [0, 0.05) is 5.69 Å². The lowest BCUT2D eigenvalue weighted by atomic mass is 10.2. The molecule has 0 spiro atoms. The highest BCUT2D eigenvalue weighted by molar-refractivity contribution is 7.80. The van der Waals surface area contributed by atoms with E-state index >= 15 is 0 Å². The van der Waals surface area contributed by atoms with E-state index in [0.29, 0.717) is 0 Å². The van der Waals surface area contributed by atoms with E-state index in [2.05, 4.69) is 41.4 Å². The Labute approximate surface area is 120 Å². The van der Waals surface area contributed by atoms with Crippen LogP contribution in [-0.2, 0) is 0 Å². The van der Waals surface area contributed by atoms with Crippen LogP contribution in [0.1, 0.15) is 5.56 Å². The molecule has 0 atom stereocenters. The standard InChI is InChI=1S/C14H21N3OS/c1-12-2-4-13(5-3-12)15-14(19)17-8-6-16(7-9-17)10-11-18/h2-5,18H,6-11H2,1H3,(H,15,19)/p+1. The van der Waals surface area contributed by atoms with Gasteiger partial charge in [-0.3, -0.25) is 0 Å². The molecule has 0 saturated carbocycles. The summed E-state index contributed by atoms with van der Waals surface area (Å²) < 4.78 is 0. The van der Waals surface area contributed by atoms with Crippen molar-refractivity contribution in [3.05, 3.63) is 29.8 Å². The fourth-order valence-corrected chi connectivity index (χ4v) is 2.57. The maximum absolute atomic E-state index is 8.94. The van der Waals surface area contributed by atoms with Crippen molar-refractivity contribution in [1.29, 1.82) is 0 Å². The molecule has 0 aliphatic carbocycles. The number of hydrogen-bond donors (Lipinski definition) is 3. The van der Waals surface area contributed by atoms with E-state index in [1.807, 2.05) is 0 Å². The summed E-state index contributed by atoms with van der Waals surface area (Å²) in [6.07, 6.45) is 0. The largest absolute Gasteiger partial charge is 0.391 e. The number of hydrogen-bond acceptors (Lipinski definition) is 2. The zero-order valence-corrected chi connectivity index (χ0v) is 12.2. The molecule has 0 radical (unpaired) electrons. The molecule has 1 heterocycles. The Hall–Kier alpha value is -1.17. The molecular weight excluding hydrogens is 258 g/mol. The summed E-state index contributed by atoms with van der Waals surface area (Å²) in [5.74, 6) is 0. The van der Waals surface area contributed by atoms with E-state index in [1.165, 1.54) is 10.5 Å². The third-order valence-electron chi connectivity index (χ3n) is 3.53. The molecule has 0 aromatic heterocycles. The Bertz CT molecular complexity index is 413. The number of anilines is 1. The Morgan fingerprint density at radius 3 is 2.53 bits per heavy atom. The van der Waals surface area contributed by atoms with Gasteiger partial charge in [0.15, 0.2) is 5.11 Å². The highest BCUT2D eigenvalue weighted by Gasteiger charge is 2.20. The second kappa shape index (κ2) is 6.84. The topological polar surface area (TPSA) is 39.9 Å². The quantitative estimate of drug-likeness (QED) is 0.676. The van der Waals surface area contributed by atoms with Crippen LogP contribution in [-0.4, -0.2) is 54.4 Å². The summed E-state index contributed by atoms with van der Waals surface area (Å²) in [5.41, 5.74) is 2.29. The lowest BCUT2D eigenvalue weighted by molar-refractivity contribution is -0.904. The lowest BCUT2D eigenvalue weighted by Crippen LogP contribution is -3.15. The van der Waals surface area contributed by atoms with E-state index in [0.717, 1.165) is 43.5 Å². The van der Waals surface area contributed by atoms with Gasteiger partial charge in [-0.05, 0) is 31.3 Å². The van der Waals surface area contributed by atoms with Crippen molar-refractivity contribution in [2.75, 3.05) is 44.6 Å². The third kappa shape index (κ3) is 4.16. The first kappa shape index (κ1) is 14.2. The predicted octanol–water partition coefficient (Wildman–Crippen LogP) is -0.115. The van der Waals surface area contributed by atoms with Crippen LogP contribution < -0.4 is 10.2 Å². The molecule has 1 aliphatic rings. The first-order chi connectivity index (χ1) is 9.19. The molecule has 1 aliphatic heterocycles. The molecule has 19 heavy (non-hydrogen) atoms. The minimum Gasteiger partial charge on any atom is -0.391 e. The molecule has 0 unspecified atom stereocenters. The Morgan fingerprint density at radius 1 is 1.32 bits per heavy atom. The summed E-state index contributed by atoms with van der Waals surface area (Å²) in [6.45, 7) is 7.16. The van der Waals surface area contributed by atoms with Crippen molar-refractivity contribution < 1.29 is 10.0 Å². The van der Waals surface area contributed by atoms with Crippen molar-refractivity contribution >= 4 is 23.0 Å². The number of nitrogens with one attached hydrogen (secondary N) is 2. The van der Waals surface area contributed by atoms with E-state index in [1.54, 1.807) is 0 Å². The smallest absolute Gasteiger partial charge is 0.173 e. The Kier molecular flexibility index (Phi) is 5.13. The molecule has 104 valence electrons. The number of thiocarbonyl (C=S) groups is 1. The van der Waals surface area contributed by atoms with Crippen LogP contribution in [0.3, 0.4) is 0 Å². The Balaban J connectivity index is 1.83. The number of benzene rings is 1. The van der Waals surface area contributed by atoms with Gasteiger partial charge in [-0.2, -0.15) is 0 Å². The van der Waals surface area contributed by atoms with Crippen LogP contribution in [0.2, 0.25) is 0 Å². The van der Waals surface area contributed by atoms with Crippen LogP contribution >= 0.6 is 12.2 Å². The van der Waals surface area contributed by atoms with Gasteiger partial charge < -0.3 is 20.2 Å². The van der Waals surface area contributed by atoms with E-state index in [9.17, 15) is 0 Å². The zero-order valence-electron chi connectivity index (χ0n) is 11.4. The Morgan fingerprint density at radius 2 is 1.95 bits per heavy atom. The average Bonchev–Trinajstić information content (AvgIpc) is 2.42. The molecule has 3 N–H and O–H groups in total. The van der Waals surface area contributed by atoms with E-state index < -0.39 is 0 Å². The van der Waals surface area contributed by atoms with Crippen molar-refractivity contribution in [2.45, 2.75) is 6.92 Å². The third-order valence-corrected chi connectivity index (χ3v) is 3.89. The SMILES string of the molecule is Cc1ccc(NC(=S)N2CC[NH+](CCO)CC2)cc1. The second-order valence-electron chi connectivity index (χ2n) is 5.01. The summed E-state index contributed by atoms with van der Waals surface area (Å²) in [4.78, 5) is 3.66. The molecular formula is C14H22N3OS+. The normalized spacial score (nSPS) is 16.4. The number of aliphatic hydroxyl groups is 1. The number of nitrogens with zero attached hydrogens (tertiary/aromatic N) is 1. The summed E-state index contributed by atoms with van der Waals surface area (Å²) in [5, 5.41) is 13.0. The second-order valence-corrected chi connectivity index (χ2v) is 5.39. The molecule has 1 aromatic carbocycles. The van der Waals surface area contributed by atoms with Gasteiger partial charge in [0.25, 0.3) is 0 Å². The van der Waals surface area contributed by atoms with Crippen LogP contribution in [0.5, 0.6) is 0 Å². The number of aliphatic hydroxyl groups excluding tert-OH is 1. The van der Waals surface area contributed by atoms with Crippen molar-refractivity contribution in [3.8, 4) is 0 Å². The minimum absolute atomic E-state index is 0.265. The van der Waals surface area contributed by atoms with Crippen LogP contribution in [0.15, 0.2) is 24.3 Å². The monoisotopic (exact) mass is 280 g/mol. The van der Waals surface area contributed by atoms with Crippen LogP contribution in [0.4, 0.5) is 5.69 Å². The molecule has 1 fully saturated rings. The van der Waals surface area contributed by atoms with Crippen LogP contribution in [0, 0.1) is 6.92 Å². The number of piperazine rings is 1. The first-order valence-corrected chi connectivity index (χ1v) is 7.17. The fourth-order valence-electron chi connectivity index (χ4n) is 2.27. The predicted molar refractivity (Wildman–Crippen MR) is 81.6 cm³/mol. The molecule has 2 rings (SSSR count). The highest BCUT2D eigenvalue weighted by Crippen LogP contribution is 2.09. The van der Waals surface area contributed by atoms with Gasteiger partial charge in [-0.25, -0.2) is 0 Å².